The fourth-order valence-corrected chi connectivity index (χ4v) is 4.10. The fourth-order valence-electron chi connectivity index (χ4n) is 3.97. The highest BCUT2D eigenvalue weighted by Gasteiger charge is 2.44. The highest BCUT2D eigenvalue weighted by atomic mass is 35.5. The van der Waals surface area contributed by atoms with Crippen LogP contribution < -0.4 is 5.32 Å². The number of halogens is 1. The van der Waals surface area contributed by atoms with Crippen LogP contribution >= 0.6 is 11.6 Å². The molecule has 172 valence electrons. The van der Waals surface area contributed by atoms with Gasteiger partial charge in [0.2, 0.25) is 5.91 Å². The molecule has 0 saturated carbocycles. The van der Waals surface area contributed by atoms with E-state index in [-0.39, 0.29) is 11.6 Å². The van der Waals surface area contributed by atoms with E-state index in [1.165, 1.54) is 23.2 Å². The molecular formula is C25H21ClN4O4. The molecule has 0 radical (unpaired) electrons. The van der Waals surface area contributed by atoms with Crippen LogP contribution in [0.1, 0.15) is 34.5 Å². The van der Waals surface area contributed by atoms with Crippen molar-refractivity contribution >= 4 is 40.5 Å². The number of aryl methyl sites for hydroxylation is 1. The molecule has 2 amide bonds. The molecule has 4 rings (SSSR count). The van der Waals surface area contributed by atoms with E-state index >= 15 is 0 Å². The third kappa shape index (κ3) is 4.53. The number of hydrazone groups is 1. The van der Waals surface area contributed by atoms with Crippen LogP contribution in [0.15, 0.2) is 77.9 Å². The number of nitro groups is 1. The van der Waals surface area contributed by atoms with E-state index in [1.54, 1.807) is 43.3 Å². The summed E-state index contributed by atoms with van der Waals surface area (Å²) >= 11 is 5.96. The molecule has 3 aromatic rings. The van der Waals surface area contributed by atoms with Gasteiger partial charge in [0.05, 0.1) is 16.7 Å². The zero-order valence-corrected chi connectivity index (χ0v) is 19.2. The lowest BCUT2D eigenvalue weighted by Crippen LogP contribution is -2.36. The molecule has 1 aliphatic heterocycles. The van der Waals surface area contributed by atoms with Crippen molar-refractivity contribution in [1.82, 2.24) is 5.01 Å². The van der Waals surface area contributed by atoms with E-state index in [0.717, 1.165) is 5.56 Å². The number of hydrogen-bond donors (Lipinski definition) is 1. The van der Waals surface area contributed by atoms with Crippen LogP contribution in [0.5, 0.6) is 0 Å². The second-order valence-corrected chi connectivity index (χ2v) is 8.41. The average Bonchev–Trinajstić information content (AvgIpc) is 3.17. The second kappa shape index (κ2) is 9.44. The number of carbonyl (C=O) groups excluding carboxylic acids is 2. The zero-order valence-electron chi connectivity index (χ0n) is 18.4. The number of nitrogens with zero attached hydrogens (tertiary/aromatic N) is 3. The smallest absolute Gasteiger partial charge is 0.274 e. The minimum atomic E-state index is -0.868. The highest BCUT2D eigenvalue weighted by molar-refractivity contribution is 6.30. The third-order valence-electron chi connectivity index (χ3n) is 5.70. The Kier molecular flexibility index (Phi) is 6.43. The molecule has 1 aliphatic rings. The highest BCUT2D eigenvalue weighted by Crippen LogP contribution is 2.39. The molecule has 0 aliphatic carbocycles. The van der Waals surface area contributed by atoms with Gasteiger partial charge in [-0.1, -0.05) is 41.9 Å². The average molecular weight is 477 g/mol. The number of anilines is 1. The van der Waals surface area contributed by atoms with E-state index in [0.29, 0.717) is 27.5 Å². The fraction of sp³-hybridized carbons (Fsp3) is 0.160. The molecule has 9 heteroatoms. The quantitative estimate of drug-likeness (QED) is 0.394. The van der Waals surface area contributed by atoms with Gasteiger partial charge in [0.25, 0.3) is 11.6 Å². The molecule has 1 N–H and O–H groups in total. The molecule has 8 nitrogen and oxygen atoms in total. The largest absolute Gasteiger partial charge is 0.325 e. The molecular weight excluding hydrogens is 456 g/mol. The van der Waals surface area contributed by atoms with Crippen molar-refractivity contribution in [3.8, 4) is 0 Å². The van der Waals surface area contributed by atoms with Crippen LogP contribution in [0.3, 0.4) is 0 Å². The van der Waals surface area contributed by atoms with Crippen LogP contribution in [-0.2, 0) is 4.79 Å². The Morgan fingerprint density at radius 2 is 1.74 bits per heavy atom. The van der Waals surface area contributed by atoms with Crippen molar-refractivity contribution in [2.24, 2.45) is 11.0 Å². The number of rotatable bonds is 5. The number of carbonyl (C=O) groups is 2. The van der Waals surface area contributed by atoms with Gasteiger partial charge in [-0.05, 0) is 55.3 Å². The van der Waals surface area contributed by atoms with Crippen LogP contribution in [0, 0.1) is 23.0 Å². The van der Waals surface area contributed by atoms with E-state index in [9.17, 15) is 19.7 Å². The molecule has 3 aromatic carbocycles. The summed E-state index contributed by atoms with van der Waals surface area (Å²) in [5, 5.41) is 20.4. The molecule has 34 heavy (non-hydrogen) atoms. The summed E-state index contributed by atoms with van der Waals surface area (Å²) < 4.78 is 0. The van der Waals surface area contributed by atoms with Crippen molar-refractivity contribution in [3.05, 3.63) is 105 Å². The maximum absolute atomic E-state index is 13.4. The van der Waals surface area contributed by atoms with Crippen molar-refractivity contribution in [2.75, 3.05) is 5.32 Å². The Bertz CT molecular complexity index is 1310. The Morgan fingerprint density at radius 1 is 1.03 bits per heavy atom. The number of amides is 2. The second-order valence-electron chi connectivity index (χ2n) is 7.98. The zero-order chi connectivity index (χ0) is 24.4. The van der Waals surface area contributed by atoms with Crippen LogP contribution in [-0.4, -0.2) is 27.5 Å². The molecule has 0 fully saturated rings. The van der Waals surface area contributed by atoms with Gasteiger partial charge in [0, 0.05) is 28.4 Å². The van der Waals surface area contributed by atoms with Crippen LogP contribution in [0.25, 0.3) is 0 Å². The number of non-ortho nitro benzene ring substituents is 1. The Hall–Kier alpha value is -4.04. The third-order valence-corrected chi connectivity index (χ3v) is 5.95. The predicted molar refractivity (Wildman–Crippen MR) is 130 cm³/mol. The van der Waals surface area contributed by atoms with Gasteiger partial charge in [-0.2, -0.15) is 5.10 Å². The summed E-state index contributed by atoms with van der Waals surface area (Å²) in [6.07, 6.45) is 0. The topological polar surface area (TPSA) is 105 Å². The van der Waals surface area contributed by atoms with Gasteiger partial charge < -0.3 is 5.32 Å². The molecule has 0 saturated heterocycles. The summed E-state index contributed by atoms with van der Waals surface area (Å²) in [4.78, 5) is 37.7. The summed E-state index contributed by atoms with van der Waals surface area (Å²) in [7, 11) is 0. The first-order valence-electron chi connectivity index (χ1n) is 10.5. The van der Waals surface area contributed by atoms with E-state index in [4.69, 9.17) is 11.6 Å². The lowest BCUT2D eigenvalue weighted by atomic mass is 9.89. The minimum Gasteiger partial charge on any atom is -0.325 e. The predicted octanol–water partition coefficient (Wildman–Crippen LogP) is 5.38. The van der Waals surface area contributed by atoms with Crippen molar-refractivity contribution in [2.45, 2.75) is 19.9 Å². The molecule has 0 spiro atoms. The van der Waals surface area contributed by atoms with Gasteiger partial charge in [-0.25, -0.2) is 5.01 Å². The normalized spacial score (nSPS) is 17.3. The van der Waals surface area contributed by atoms with E-state index in [2.05, 4.69) is 10.4 Å². The van der Waals surface area contributed by atoms with E-state index in [1.807, 2.05) is 25.1 Å². The molecule has 2 unspecified atom stereocenters. The lowest BCUT2D eigenvalue weighted by molar-refractivity contribution is -0.385. The summed E-state index contributed by atoms with van der Waals surface area (Å²) in [5.41, 5.74) is 2.56. The lowest BCUT2D eigenvalue weighted by Gasteiger charge is -2.26. The molecule has 0 bridgehead atoms. The standard InChI is InChI=1S/C25H21ClN4O4/c1-15-6-3-4-9-21(15)27-24(31)22-16(2)28-29(25(32)17-10-12-19(26)13-11-17)23(22)18-7-5-8-20(14-18)30(33)34/h3-14,22-23H,1-2H3,(H,27,31). The van der Waals surface area contributed by atoms with Gasteiger partial charge >= 0.3 is 0 Å². The van der Waals surface area contributed by atoms with Gasteiger partial charge in [0.15, 0.2) is 0 Å². The van der Waals surface area contributed by atoms with Crippen LogP contribution in [0.2, 0.25) is 5.02 Å². The Balaban J connectivity index is 1.76. The van der Waals surface area contributed by atoms with Crippen LogP contribution in [0.4, 0.5) is 11.4 Å². The summed E-state index contributed by atoms with van der Waals surface area (Å²) in [5.74, 6) is -1.66. The first-order valence-corrected chi connectivity index (χ1v) is 10.9. The van der Waals surface area contributed by atoms with Gasteiger partial charge in [-0.3, -0.25) is 19.7 Å². The molecule has 1 heterocycles. The molecule has 2 atom stereocenters. The van der Waals surface area contributed by atoms with Gasteiger partial charge in [-0.15, -0.1) is 0 Å². The van der Waals surface area contributed by atoms with E-state index < -0.39 is 22.8 Å². The minimum absolute atomic E-state index is 0.140. The van der Waals surface area contributed by atoms with Crippen molar-refractivity contribution in [3.63, 3.8) is 0 Å². The molecule has 0 aromatic heterocycles. The maximum atomic E-state index is 13.4. The van der Waals surface area contributed by atoms with Crippen molar-refractivity contribution in [1.29, 1.82) is 0 Å². The first kappa shape index (κ1) is 23.1. The number of hydrogen-bond acceptors (Lipinski definition) is 5. The maximum Gasteiger partial charge on any atom is 0.274 e. The van der Waals surface area contributed by atoms with Crippen molar-refractivity contribution < 1.29 is 14.5 Å². The SMILES string of the molecule is CC1=NN(C(=O)c2ccc(Cl)cc2)C(c2cccc([N+](=O)[O-])c2)C1C(=O)Nc1ccccc1C. The Labute approximate surface area is 201 Å². The number of para-hydroxylation sites is 1. The first-order chi connectivity index (χ1) is 16.3. The summed E-state index contributed by atoms with van der Waals surface area (Å²) in [6.45, 7) is 3.54. The summed E-state index contributed by atoms with van der Waals surface area (Å²) in [6, 6.07) is 18.7. The van der Waals surface area contributed by atoms with Gasteiger partial charge in [0.1, 0.15) is 5.92 Å². The monoisotopic (exact) mass is 476 g/mol. The number of nitrogens with one attached hydrogen (secondary N) is 1. The number of nitro benzene ring substituents is 1. The Morgan fingerprint density at radius 3 is 2.41 bits per heavy atom. The number of benzene rings is 3.